The van der Waals surface area contributed by atoms with Crippen LogP contribution < -0.4 is 10.5 Å². The third-order valence-electron chi connectivity index (χ3n) is 3.15. The van der Waals surface area contributed by atoms with E-state index >= 15 is 0 Å². The molecular weight excluding hydrogens is 279 g/mol. The van der Waals surface area contributed by atoms with E-state index in [-0.39, 0.29) is 5.75 Å². The predicted molar refractivity (Wildman–Crippen MR) is 75.5 cm³/mol. The Hall–Kier alpha value is -2.01. The second kappa shape index (κ2) is 6.18. The van der Waals surface area contributed by atoms with E-state index < -0.39 is 11.7 Å². The molecule has 0 aliphatic heterocycles. The first-order chi connectivity index (χ1) is 9.91. The van der Waals surface area contributed by atoms with Gasteiger partial charge in [-0.25, -0.2) is 0 Å². The van der Waals surface area contributed by atoms with E-state index in [0.717, 1.165) is 23.6 Å². The van der Waals surface area contributed by atoms with E-state index in [0.29, 0.717) is 12.3 Å². The summed E-state index contributed by atoms with van der Waals surface area (Å²) in [5.74, 6) is 0.181. The number of rotatable bonds is 4. The van der Waals surface area contributed by atoms with Crippen molar-refractivity contribution in [3.63, 3.8) is 0 Å². The summed E-state index contributed by atoms with van der Waals surface area (Å²) >= 11 is 0. The normalized spacial score (nSPS) is 11.5. The number of nitrogens with two attached hydrogens (primary N) is 1. The fourth-order valence-electron chi connectivity index (χ4n) is 2.08. The number of benzene rings is 2. The molecule has 21 heavy (non-hydrogen) atoms. The van der Waals surface area contributed by atoms with Crippen molar-refractivity contribution in [2.45, 2.75) is 19.5 Å². The number of hydrogen-bond donors (Lipinski definition) is 1. The average molecular weight is 295 g/mol. The van der Waals surface area contributed by atoms with Crippen molar-refractivity contribution in [2.75, 3.05) is 6.54 Å². The van der Waals surface area contributed by atoms with E-state index in [4.69, 9.17) is 10.5 Å². The molecule has 0 spiro atoms. The highest BCUT2D eigenvalue weighted by molar-refractivity contribution is 5.42. The number of halogens is 3. The van der Waals surface area contributed by atoms with Crippen molar-refractivity contribution in [3.8, 4) is 11.5 Å². The van der Waals surface area contributed by atoms with Crippen molar-refractivity contribution in [2.24, 2.45) is 5.73 Å². The standard InChI is InChI=1S/C16H16F3NO/c1-11-10-13(7-6-12(11)8-9-20)21-15-5-3-2-4-14(15)16(17,18)19/h2-7,10H,8-9,20H2,1H3. The second-order valence-corrected chi connectivity index (χ2v) is 4.72. The molecule has 2 aromatic rings. The van der Waals surface area contributed by atoms with Crippen LogP contribution in [0.15, 0.2) is 42.5 Å². The maximum Gasteiger partial charge on any atom is 0.419 e. The van der Waals surface area contributed by atoms with E-state index in [1.54, 1.807) is 12.1 Å². The van der Waals surface area contributed by atoms with Gasteiger partial charge in [-0.05, 0) is 55.3 Å². The molecule has 0 unspecified atom stereocenters. The first kappa shape index (κ1) is 15.4. The van der Waals surface area contributed by atoms with Crippen molar-refractivity contribution in [1.29, 1.82) is 0 Å². The lowest BCUT2D eigenvalue weighted by atomic mass is 10.1. The lowest BCUT2D eigenvalue weighted by Gasteiger charge is -2.14. The molecule has 0 aromatic heterocycles. The molecule has 5 heteroatoms. The molecule has 0 heterocycles. The zero-order valence-corrected chi connectivity index (χ0v) is 11.6. The van der Waals surface area contributed by atoms with Gasteiger partial charge in [0, 0.05) is 0 Å². The van der Waals surface area contributed by atoms with Crippen LogP contribution in [0.5, 0.6) is 11.5 Å². The Morgan fingerprint density at radius 3 is 2.43 bits per heavy atom. The molecule has 0 aliphatic rings. The predicted octanol–water partition coefficient (Wildman–Crippen LogP) is 4.31. The summed E-state index contributed by atoms with van der Waals surface area (Å²) in [7, 11) is 0. The molecule has 0 bridgehead atoms. The summed E-state index contributed by atoms with van der Waals surface area (Å²) < 4.78 is 44.1. The molecule has 0 aliphatic carbocycles. The second-order valence-electron chi connectivity index (χ2n) is 4.72. The van der Waals surface area contributed by atoms with E-state index in [1.807, 2.05) is 13.0 Å². The maximum absolute atomic E-state index is 12.9. The minimum absolute atomic E-state index is 0.198. The minimum Gasteiger partial charge on any atom is -0.457 e. The van der Waals surface area contributed by atoms with Gasteiger partial charge >= 0.3 is 6.18 Å². The van der Waals surface area contributed by atoms with Gasteiger partial charge in [0.2, 0.25) is 0 Å². The summed E-state index contributed by atoms with van der Waals surface area (Å²) in [4.78, 5) is 0. The van der Waals surface area contributed by atoms with E-state index in [1.165, 1.54) is 18.2 Å². The number of aryl methyl sites for hydroxylation is 1. The molecule has 112 valence electrons. The molecule has 0 atom stereocenters. The van der Waals surface area contributed by atoms with Crippen LogP contribution in [-0.2, 0) is 12.6 Å². The van der Waals surface area contributed by atoms with Crippen LogP contribution in [-0.4, -0.2) is 6.54 Å². The lowest BCUT2D eigenvalue weighted by Crippen LogP contribution is -2.07. The third kappa shape index (κ3) is 3.76. The maximum atomic E-state index is 12.9. The van der Waals surface area contributed by atoms with Gasteiger partial charge in [-0.2, -0.15) is 13.2 Å². The molecule has 0 radical (unpaired) electrons. The van der Waals surface area contributed by atoms with Crippen LogP contribution >= 0.6 is 0 Å². The van der Waals surface area contributed by atoms with Crippen molar-refractivity contribution < 1.29 is 17.9 Å². The molecular formula is C16H16F3NO. The van der Waals surface area contributed by atoms with Gasteiger partial charge in [0.05, 0.1) is 5.56 Å². The molecule has 2 N–H and O–H groups in total. The monoisotopic (exact) mass is 295 g/mol. The third-order valence-corrected chi connectivity index (χ3v) is 3.15. The topological polar surface area (TPSA) is 35.2 Å². The number of para-hydroxylation sites is 1. The Balaban J connectivity index is 2.29. The summed E-state index contributed by atoms with van der Waals surface area (Å²) in [6.45, 7) is 2.41. The van der Waals surface area contributed by atoms with Crippen LogP contribution in [0.25, 0.3) is 0 Å². The lowest BCUT2D eigenvalue weighted by molar-refractivity contribution is -0.138. The van der Waals surface area contributed by atoms with E-state index in [9.17, 15) is 13.2 Å². The fraction of sp³-hybridized carbons (Fsp3) is 0.250. The Bertz CT molecular complexity index is 623. The Morgan fingerprint density at radius 2 is 1.81 bits per heavy atom. The average Bonchev–Trinajstić information content (AvgIpc) is 2.41. The molecule has 2 aromatic carbocycles. The number of alkyl halides is 3. The molecule has 2 rings (SSSR count). The summed E-state index contributed by atoms with van der Waals surface area (Å²) in [6, 6.07) is 10.4. The Labute approximate surface area is 121 Å². The van der Waals surface area contributed by atoms with Crippen LogP contribution in [0, 0.1) is 6.92 Å². The van der Waals surface area contributed by atoms with Gasteiger partial charge in [0.1, 0.15) is 11.5 Å². The van der Waals surface area contributed by atoms with Crippen molar-refractivity contribution in [3.05, 3.63) is 59.2 Å². The van der Waals surface area contributed by atoms with Gasteiger partial charge in [-0.1, -0.05) is 18.2 Å². The minimum atomic E-state index is -4.44. The number of hydrogen-bond acceptors (Lipinski definition) is 2. The zero-order valence-electron chi connectivity index (χ0n) is 11.6. The molecule has 0 fully saturated rings. The van der Waals surface area contributed by atoms with Crippen LogP contribution in [0.3, 0.4) is 0 Å². The van der Waals surface area contributed by atoms with Gasteiger partial charge in [0.15, 0.2) is 0 Å². The smallest absolute Gasteiger partial charge is 0.419 e. The van der Waals surface area contributed by atoms with Gasteiger partial charge in [-0.15, -0.1) is 0 Å². The Kier molecular flexibility index (Phi) is 4.53. The van der Waals surface area contributed by atoms with Crippen molar-refractivity contribution >= 4 is 0 Å². The highest BCUT2D eigenvalue weighted by atomic mass is 19.4. The van der Waals surface area contributed by atoms with Gasteiger partial charge in [-0.3, -0.25) is 0 Å². The largest absolute Gasteiger partial charge is 0.457 e. The first-order valence-electron chi connectivity index (χ1n) is 6.55. The van der Waals surface area contributed by atoms with Gasteiger partial charge in [0.25, 0.3) is 0 Å². The number of ether oxygens (including phenoxy) is 1. The van der Waals surface area contributed by atoms with Gasteiger partial charge < -0.3 is 10.5 Å². The SMILES string of the molecule is Cc1cc(Oc2ccccc2C(F)(F)F)ccc1CCN. The van der Waals surface area contributed by atoms with Crippen LogP contribution in [0.1, 0.15) is 16.7 Å². The molecule has 0 saturated heterocycles. The summed E-state index contributed by atoms with van der Waals surface area (Å²) in [5.41, 5.74) is 6.73. The zero-order chi connectivity index (χ0) is 15.5. The first-order valence-corrected chi connectivity index (χ1v) is 6.55. The van der Waals surface area contributed by atoms with Crippen molar-refractivity contribution in [1.82, 2.24) is 0 Å². The highest BCUT2D eigenvalue weighted by Crippen LogP contribution is 2.38. The summed E-state index contributed by atoms with van der Waals surface area (Å²) in [6.07, 6.45) is -3.71. The highest BCUT2D eigenvalue weighted by Gasteiger charge is 2.34. The quantitative estimate of drug-likeness (QED) is 0.912. The van der Waals surface area contributed by atoms with Crippen LogP contribution in [0.2, 0.25) is 0 Å². The fourth-order valence-corrected chi connectivity index (χ4v) is 2.08. The molecule has 0 amide bonds. The molecule has 0 saturated carbocycles. The summed E-state index contributed by atoms with van der Waals surface area (Å²) in [5, 5.41) is 0. The van der Waals surface area contributed by atoms with Crippen LogP contribution in [0.4, 0.5) is 13.2 Å². The molecule has 2 nitrogen and oxygen atoms in total. The van der Waals surface area contributed by atoms with E-state index in [2.05, 4.69) is 0 Å². The Morgan fingerprint density at radius 1 is 1.10 bits per heavy atom.